The van der Waals surface area contributed by atoms with Crippen molar-refractivity contribution < 1.29 is 14.4 Å². The third-order valence-electron chi connectivity index (χ3n) is 6.69. The van der Waals surface area contributed by atoms with E-state index in [1.807, 2.05) is 19.9 Å². The van der Waals surface area contributed by atoms with Crippen LogP contribution < -0.4 is 16.2 Å². The highest BCUT2D eigenvalue weighted by Gasteiger charge is 2.25. The molecular formula is C26H29N11O3. The molecule has 14 nitrogen and oxygen atoms in total. The fraction of sp³-hybridized carbons (Fsp3) is 0.308. The molecule has 0 aromatic carbocycles. The second-order valence-electron chi connectivity index (χ2n) is 9.38. The highest BCUT2D eigenvalue weighted by Crippen LogP contribution is 2.29. The van der Waals surface area contributed by atoms with Crippen LogP contribution in [0.5, 0.6) is 0 Å². The largest absolute Gasteiger partial charge is 0.383 e. The Morgan fingerprint density at radius 3 is 2.70 bits per heavy atom. The van der Waals surface area contributed by atoms with E-state index >= 15 is 0 Å². The van der Waals surface area contributed by atoms with Crippen molar-refractivity contribution in [3.05, 3.63) is 60.2 Å². The monoisotopic (exact) mass is 543 g/mol. The van der Waals surface area contributed by atoms with Gasteiger partial charge >= 0.3 is 0 Å². The van der Waals surface area contributed by atoms with Gasteiger partial charge in [-0.05, 0) is 45.7 Å². The smallest absolute Gasteiger partial charge is 0.295 e. The van der Waals surface area contributed by atoms with Crippen LogP contribution >= 0.6 is 0 Å². The number of ketones is 1. The normalized spacial score (nSPS) is 14.4. The molecule has 0 unspecified atom stereocenters. The summed E-state index contributed by atoms with van der Waals surface area (Å²) in [7, 11) is 0. The number of carbonyl (C=O) groups is 3. The predicted octanol–water partition coefficient (Wildman–Crippen LogP) is 1.93. The van der Waals surface area contributed by atoms with Gasteiger partial charge in [0.1, 0.15) is 18.0 Å². The fourth-order valence-electron chi connectivity index (χ4n) is 4.68. The number of anilines is 2. The Hall–Kier alpha value is -4.98. The molecule has 1 saturated heterocycles. The molecule has 4 aromatic heterocycles. The molecule has 0 saturated carbocycles. The highest BCUT2D eigenvalue weighted by molar-refractivity contribution is 6.00. The minimum atomic E-state index is -0.322. The third kappa shape index (κ3) is 4.91. The van der Waals surface area contributed by atoms with Gasteiger partial charge in [0.15, 0.2) is 11.4 Å². The standard InChI is InChI=1S/C26H29N11O3/c1-4-11-35(26(40)24-29-14-30-34-24)15(2)5-7-19-22(16(3)38)23(27)37-25(33-19)18(13-32-37)17-6-8-20(28-12-17)36-21(39)9-10-31-36/h4,6,8,11-15,31H,5,7,9-10,27H2,1-3H3,(H,29,30,34)/b11-4-/t15-/m1/s1. The van der Waals surface area contributed by atoms with Gasteiger partial charge in [0.2, 0.25) is 11.7 Å². The van der Waals surface area contributed by atoms with Crippen LogP contribution in [0.4, 0.5) is 11.6 Å². The van der Waals surface area contributed by atoms with Crippen molar-refractivity contribution in [1.29, 1.82) is 0 Å². The number of H-pyrrole nitrogens is 1. The van der Waals surface area contributed by atoms with Gasteiger partial charge in [-0.25, -0.2) is 25.4 Å². The Labute approximate surface area is 229 Å². The van der Waals surface area contributed by atoms with Crippen LogP contribution in [0.1, 0.15) is 60.3 Å². The van der Waals surface area contributed by atoms with Gasteiger partial charge < -0.3 is 10.6 Å². The number of nitrogen functional groups attached to an aromatic ring is 1. The number of aromatic amines is 1. The molecule has 0 spiro atoms. The predicted molar refractivity (Wildman–Crippen MR) is 146 cm³/mol. The summed E-state index contributed by atoms with van der Waals surface area (Å²) in [6.07, 6.45) is 9.27. The molecule has 4 N–H and O–H groups in total. The average Bonchev–Trinajstić information content (AvgIpc) is 3.71. The molecule has 1 aliphatic rings. The van der Waals surface area contributed by atoms with E-state index in [1.54, 1.807) is 35.6 Å². The zero-order chi connectivity index (χ0) is 28.4. The minimum Gasteiger partial charge on any atom is -0.383 e. The van der Waals surface area contributed by atoms with Crippen molar-refractivity contribution in [3.63, 3.8) is 0 Å². The summed E-state index contributed by atoms with van der Waals surface area (Å²) >= 11 is 0. The number of hydrogen-bond acceptors (Lipinski definition) is 10. The molecule has 1 fully saturated rings. The number of nitrogens with one attached hydrogen (secondary N) is 2. The van der Waals surface area contributed by atoms with Crippen molar-refractivity contribution in [2.75, 3.05) is 17.3 Å². The number of aromatic nitrogens is 7. The number of nitrogens with two attached hydrogens (primary N) is 1. The van der Waals surface area contributed by atoms with Crippen LogP contribution in [0.3, 0.4) is 0 Å². The third-order valence-corrected chi connectivity index (χ3v) is 6.69. The van der Waals surface area contributed by atoms with Crippen molar-refractivity contribution in [1.82, 2.24) is 45.1 Å². The van der Waals surface area contributed by atoms with E-state index < -0.39 is 0 Å². The number of fused-ring (bicyclic) bond motifs is 1. The van der Waals surface area contributed by atoms with Crippen LogP contribution in [0.2, 0.25) is 0 Å². The molecule has 14 heteroatoms. The lowest BCUT2D eigenvalue weighted by molar-refractivity contribution is -0.117. The summed E-state index contributed by atoms with van der Waals surface area (Å²) in [5, 5.41) is 12.2. The average molecular weight is 544 g/mol. The van der Waals surface area contributed by atoms with Crippen LogP contribution in [-0.2, 0) is 11.2 Å². The minimum absolute atomic E-state index is 0.0446. The second kappa shape index (κ2) is 11.0. The molecule has 4 aromatic rings. The molecule has 5 heterocycles. The summed E-state index contributed by atoms with van der Waals surface area (Å²) in [6.45, 7) is 5.73. The molecular weight excluding hydrogens is 514 g/mol. The van der Waals surface area contributed by atoms with Gasteiger partial charge in [0, 0.05) is 42.5 Å². The number of aryl methyl sites for hydroxylation is 1. The number of carbonyl (C=O) groups excluding carboxylic acids is 3. The molecule has 2 amide bonds. The molecule has 1 atom stereocenters. The SMILES string of the molecule is C/C=C\N(C(=O)c1ncn[nH]1)[C@H](C)CCc1nc2c(-c3ccc(N4NCCC4=O)nc3)cnn2c(N)c1C(C)=O. The van der Waals surface area contributed by atoms with E-state index in [0.29, 0.717) is 54.1 Å². The van der Waals surface area contributed by atoms with Gasteiger partial charge in [-0.2, -0.15) is 14.7 Å². The van der Waals surface area contributed by atoms with Crippen molar-refractivity contribution in [2.45, 2.75) is 46.1 Å². The quantitative estimate of drug-likeness (QED) is 0.264. The fourth-order valence-corrected chi connectivity index (χ4v) is 4.68. The number of pyridine rings is 1. The van der Waals surface area contributed by atoms with Crippen molar-refractivity contribution in [3.8, 4) is 11.1 Å². The van der Waals surface area contributed by atoms with Gasteiger partial charge in [-0.3, -0.25) is 19.5 Å². The van der Waals surface area contributed by atoms with Crippen molar-refractivity contribution in [2.24, 2.45) is 0 Å². The second-order valence-corrected chi connectivity index (χ2v) is 9.38. The van der Waals surface area contributed by atoms with Crippen LogP contribution in [0, 0.1) is 0 Å². The van der Waals surface area contributed by atoms with Gasteiger partial charge in [0.05, 0.1) is 17.5 Å². The maximum absolute atomic E-state index is 13.0. The van der Waals surface area contributed by atoms with Crippen LogP contribution in [0.25, 0.3) is 16.8 Å². The first-order valence-electron chi connectivity index (χ1n) is 12.8. The van der Waals surface area contributed by atoms with E-state index in [9.17, 15) is 14.4 Å². The summed E-state index contributed by atoms with van der Waals surface area (Å²) in [5.41, 5.74) is 12.1. The van der Waals surface area contributed by atoms with Crippen LogP contribution in [-0.4, -0.2) is 69.8 Å². The van der Waals surface area contributed by atoms with E-state index in [4.69, 9.17) is 10.7 Å². The summed E-state index contributed by atoms with van der Waals surface area (Å²) < 4.78 is 1.44. The van der Waals surface area contributed by atoms with E-state index in [1.165, 1.54) is 22.8 Å². The molecule has 0 bridgehead atoms. The zero-order valence-electron chi connectivity index (χ0n) is 22.3. The lowest BCUT2D eigenvalue weighted by atomic mass is 10.0. The number of Topliss-reactive ketones (excluding diaryl/α,β-unsaturated/α-hetero) is 1. The summed E-state index contributed by atoms with van der Waals surface area (Å²) in [5.74, 6) is 0.213. The summed E-state index contributed by atoms with van der Waals surface area (Å²) in [6, 6.07) is 3.32. The molecule has 40 heavy (non-hydrogen) atoms. The Morgan fingerprint density at radius 1 is 1.25 bits per heavy atom. The van der Waals surface area contributed by atoms with E-state index in [2.05, 4.69) is 30.7 Å². The molecule has 206 valence electrons. The van der Waals surface area contributed by atoms with Gasteiger partial charge in [-0.1, -0.05) is 6.08 Å². The first kappa shape index (κ1) is 26.6. The maximum atomic E-state index is 13.0. The maximum Gasteiger partial charge on any atom is 0.295 e. The lowest BCUT2D eigenvalue weighted by Crippen LogP contribution is -2.35. The number of amides is 2. The Bertz CT molecular complexity index is 1590. The summed E-state index contributed by atoms with van der Waals surface area (Å²) in [4.78, 5) is 52.4. The Kier molecular flexibility index (Phi) is 7.33. The molecule has 0 aliphatic carbocycles. The number of nitrogens with zero attached hydrogens (tertiary/aromatic N) is 8. The number of rotatable bonds is 9. The van der Waals surface area contributed by atoms with Gasteiger partial charge in [0.25, 0.3) is 5.91 Å². The van der Waals surface area contributed by atoms with Crippen LogP contribution in [0.15, 0.2) is 43.1 Å². The highest BCUT2D eigenvalue weighted by atomic mass is 16.2. The van der Waals surface area contributed by atoms with Gasteiger partial charge in [-0.15, -0.1) is 0 Å². The molecule has 1 aliphatic heterocycles. The first-order chi connectivity index (χ1) is 19.3. The Morgan fingerprint density at radius 2 is 2.08 bits per heavy atom. The molecule has 0 radical (unpaired) electrons. The van der Waals surface area contributed by atoms with E-state index in [0.717, 1.165) is 5.56 Å². The lowest BCUT2D eigenvalue weighted by Gasteiger charge is -2.25. The van der Waals surface area contributed by atoms with Crippen molar-refractivity contribution >= 4 is 34.9 Å². The molecule has 5 rings (SSSR count). The zero-order valence-corrected chi connectivity index (χ0v) is 22.3. The van der Waals surface area contributed by atoms with E-state index in [-0.39, 0.29) is 35.3 Å². The first-order valence-corrected chi connectivity index (χ1v) is 12.8. The topological polar surface area (TPSA) is 180 Å². The Balaban J connectivity index is 1.45. The number of hydrogen-bond donors (Lipinski definition) is 3. The number of allylic oxidation sites excluding steroid dienone is 1. The number of hydrazine groups is 1.